The highest BCUT2D eigenvalue weighted by Gasteiger charge is 2.18. The van der Waals surface area contributed by atoms with Gasteiger partial charge in [-0.2, -0.15) is 0 Å². The third-order valence-corrected chi connectivity index (χ3v) is 3.11. The zero-order chi connectivity index (χ0) is 12.1. The van der Waals surface area contributed by atoms with Gasteiger partial charge in [-0.05, 0) is 38.1 Å². The largest absolute Gasteiger partial charge is 0.388 e. The van der Waals surface area contributed by atoms with Crippen molar-refractivity contribution in [2.75, 3.05) is 14.1 Å². The summed E-state index contributed by atoms with van der Waals surface area (Å²) in [5, 5.41) is 10.0. The Morgan fingerprint density at radius 2 is 1.62 bits per heavy atom. The molecule has 0 amide bonds. The molecule has 90 valence electrons. The predicted octanol–water partition coefficient (Wildman–Crippen LogP) is 3.14. The van der Waals surface area contributed by atoms with E-state index >= 15 is 0 Å². The standard InChI is InChI=1S/C14H23NO/c1-5-13(15(3)4)11-9-7-8-10-12(11)14(16)6-2/h7-10,13-14,16H,5-6H2,1-4H3/t13-,14+/m1/s1. The molecule has 1 aromatic rings. The lowest BCUT2D eigenvalue weighted by Gasteiger charge is -2.27. The van der Waals surface area contributed by atoms with Crippen LogP contribution in [0.15, 0.2) is 24.3 Å². The fourth-order valence-electron chi connectivity index (χ4n) is 2.20. The van der Waals surface area contributed by atoms with E-state index in [-0.39, 0.29) is 6.10 Å². The second-order valence-corrected chi connectivity index (χ2v) is 4.44. The Hall–Kier alpha value is -0.860. The van der Waals surface area contributed by atoms with Crippen molar-refractivity contribution in [1.29, 1.82) is 0 Å². The van der Waals surface area contributed by atoms with Gasteiger partial charge in [0, 0.05) is 6.04 Å². The first-order chi connectivity index (χ1) is 7.61. The van der Waals surface area contributed by atoms with Crippen LogP contribution in [0, 0.1) is 0 Å². The molecule has 0 fully saturated rings. The summed E-state index contributed by atoms with van der Waals surface area (Å²) in [7, 11) is 4.17. The van der Waals surface area contributed by atoms with E-state index in [4.69, 9.17) is 0 Å². The van der Waals surface area contributed by atoms with Crippen LogP contribution in [-0.2, 0) is 0 Å². The van der Waals surface area contributed by atoms with Gasteiger partial charge in [0.25, 0.3) is 0 Å². The summed E-state index contributed by atoms with van der Waals surface area (Å²) in [6, 6.07) is 8.60. The van der Waals surface area contributed by atoms with Crippen LogP contribution in [0.3, 0.4) is 0 Å². The number of benzene rings is 1. The minimum absolute atomic E-state index is 0.342. The Kier molecular flexibility index (Phi) is 4.97. The Morgan fingerprint density at radius 1 is 1.06 bits per heavy atom. The van der Waals surface area contributed by atoms with E-state index < -0.39 is 0 Å². The highest BCUT2D eigenvalue weighted by Crippen LogP contribution is 2.29. The van der Waals surface area contributed by atoms with E-state index in [1.165, 1.54) is 5.56 Å². The summed E-state index contributed by atoms with van der Waals surface area (Å²) in [5.74, 6) is 0. The van der Waals surface area contributed by atoms with Crippen LogP contribution in [-0.4, -0.2) is 24.1 Å². The summed E-state index contributed by atoms with van der Waals surface area (Å²) in [6.45, 7) is 4.19. The Balaban J connectivity index is 3.11. The Morgan fingerprint density at radius 3 is 2.06 bits per heavy atom. The first-order valence-electron chi connectivity index (χ1n) is 6.05. The minimum atomic E-state index is -0.342. The zero-order valence-electron chi connectivity index (χ0n) is 10.8. The molecule has 0 radical (unpaired) electrons. The lowest BCUT2D eigenvalue weighted by Crippen LogP contribution is -2.21. The van der Waals surface area contributed by atoms with Crippen LogP contribution in [0.5, 0.6) is 0 Å². The second-order valence-electron chi connectivity index (χ2n) is 4.44. The van der Waals surface area contributed by atoms with Crippen LogP contribution >= 0.6 is 0 Å². The molecule has 0 saturated heterocycles. The van der Waals surface area contributed by atoms with Gasteiger partial charge in [-0.1, -0.05) is 38.1 Å². The van der Waals surface area contributed by atoms with Crippen molar-refractivity contribution in [3.63, 3.8) is 0 Å². The number of aliphatic hydroxyl groups excluding tert-OH is 1. The average Bonchev–Trinajstić information content (AvgIpc) is 2.29. The van der Waals surface area contributed by atoms with Gasteiger partial charge < -0.3 is 10.0 Å². The van der Waals surface area contributed by atoms with Gasteiger partial charge in [0.2, 0.25) is 0 Å². The molecule has 0 aliphatic rings. The molecule has 2 nitrogen and oxygen atoms in total. The lowest BCUT2D eigenvalue weighted by molar-refractivity contribution is 0.169. The Bertz CT molecular complexity index is 322. The van der Waals surface area contributed by atoms with Gasteiger partial charge >= 0.3 is 0 Å². The van der Waals surface area contributed by atoms with Crippen molar-refractivity contribution in [3.05, 3.63) is 35.4 Å². The van der Waals surface area contributed by atoms with Crippen LogP contribution in [0.4, 0.5) is 0 Å². The molecule has 0 bridgehead atoms. The highest BCUT2D eigenvalue weighted by molar-refractivity contribution is 5.31. The molecule has 1 rings (SSSR count). The van der Waals surface area contributed by atoms with E-state index in [9.17, 15) is 5.11 Å². The molecule has 0 aliphatic heterocycles. The van der Waals surface area contributed by atoms with Gasteiger partial charge in [0.05, 0.1) is 6.10 Å². The monoisotopic (exact) mass is 221 g/mol. The maximum absolute atomic E-state index is 10.0. The quantitative estimate of drug-likeness (QED) is 0.825. The number of hydrogen-bond acceptors (Lipinski definition) is 2. The SMILES string of the molecule is CC[C@H](c1ccccc1[C@@H](O)CC)N(C)C. The number of hydrogen-bond donors (Lipinski definition) is 1. The molecule has 0 aliphatic carbocycles. The van der Waals surface area contributed by atoms with Crippen molar-refractivity contribution < 1.29 is 5.11 Å². The lowest BCUT2D eigenvalue weighted by atomic mass is 9.93. The number of aliphatic hydroxyl groups is 1. The Labute approximate surface area is 98.9 Å². The molecule has 0 heterocycles. The number of nitrogens with zero attached hydrogens (tertiary/aromatic N) is 1. The van der Waals surface area contributed by atoms with E-state index in [1.54, 1.807) is 0 Å². The second kappa shape index (κ2) is 6.02. The van der Waals surface area contributed by atoms with E-state index in [1.807, 2.05) is 25.1 Å². The summed E-state index contributed by atoms with van der Waals surface area (Å²) >= 11 is 0. The van der Waals surface area contributed by atoms with E-state index in [0.717, 1.165) is 18.4 Å². The van der Waals surface area contributed by atoms with Gasteiger partial charge in [0.15, 0.2) is 0 Å². The topological polar surface area (TPSA) is 23.5 Å². The molecule has 1 N–H and O–H groups in total. The minimum Gasteiger partial charge on any atom is -0.388 e. The third kappa shape index (κ3) is 2.83. The van der Waals surface area contributed by atoms with Crippen molar-refractivity contribution >= 4 is 0 Å². The molecular formula is C14H23NO. The van der Waals surface area contributed by atoms with Crippen molar-refractivity contribution in [1.82, 2.24) is 4.90 Å². The summed E-state index contributed by atoms with van der Waals surface area (Å²) in [5.41, 5.74) is 2.33. The predicted molar refractivity (Wildman–Crippen MR) is 68.4 cm³/mol. The molecule has 0 saturated carbocycles. The maximum Gasteiger partial charge on any atom is 0.0790 e. The van der Waals surface area contributed by atoms with Crippen LogP contribution < -0.4 is 0 Å². The average molecular weight is 221 g/mol. The van der Waals surface area contributed by atoms with Gasteiger partial charge in [-0.3, -0.25) is 0 Å². The molecule has 2 atom stereocenters. The molecule has 0 spiro atoms. The third-order valence-electron chi connectivity index (χ3n) is 3.11. The highest BCUT2D eigenvalue weighted by atomic mass is 16.3. The van der Waals surface area contributed by atoms with Crippen molar-refractivity contribution in [2.24, 2.45) is 0 Å². The molecule has 16 heavy (non-hydrogen) atoms. The normalized spacial score (nSPS) is 15.1. The van der Waals surface area contributed by atoms with Crippen LogP contribution in [0.1, 0.15) is 50.0 Å². The van der Waals surface area contributed by atoms with Crippen molar-refractivity contribution in [2.45, 2.75) is 38.8 Å². The first-order valence-corrected chi connectivity index (χ1v) is 6.05. The summed E-state index contributed by atoms with van der Waals surface area (Å²) in [6.07, 6.45) is 1.48. The maximum atomic E-state index is 10.0. The van der Waals surface area contributed by atoms with E-state index in [2.05, 4.69) is 32.0 Å². The van der Waals surface area contributed by atoms with Gasteiger partial charge in [-0.25, -0.2) is 0 Å². The summed E-state index contributed by atoms with van der Waals surface area (Å²) in [4.78, 5) is 2.21. The fraction of sp³-hybridized carbons (Fsp3) is 0.571. The van der Waals surface area contributed by atoms with Crippen molar-refractivity contribution in [3.8, 4) is 0 Å². The molecule has 1 aromatic carbocycles. The smallest absolute Gasteiger partial charge is 0.0790 e. The fourth-order valence-corrected chi connectivity index (χ4v) is 2.20. The van der Waals surface area contributed by atoms with Gasteiger partial charge in [-0.15, -0.1) is 0 Å². The van der Waals surface area contributed by atoms with Crippen LogP contribution in [0.2, 0.25) is 0 Å². The van der Waals surface area contributed by atoms with Gasteiger partial charge in [0.1, 0.15) is 0 Å². The molecule has 0 aromatic heterocycles. The first kappa shape index (κ1) is 13.2. The van der Waals surface area contributed by atoms with E-state index in [0.29, 0.717) is 6.04 Å². The zero-order valence-corrected chi connectivity index (χ0v) is 10.8. The summed E-state index contributed by atoms with van der Waals surface area (Å²) < 4.78 is 0. The number of rotatable bonds is 5. The molecular weight excluding hydrogens is 198 g/mol. The van der Waals surface area contributed by atoms with Crippen LogP contribution in [0.25, 0.3) is 0 Å². The molecule has 2 heteroatoms. The molecule has 0 unspecified atom stereocenters.